The second-order valence-corrected chi connectivity index (χ2v) is 12.6. The van der Waals surface area contributed by atoms with Gasteiger partial charge in [0.1, 0.15) is 0 Å². The molecule has 0 atom stereocenters. The first-order valence-corrected chi connectivity index (χ1v) is 14.7. The summed E-state index contributed by atoms with van der Waals surface area (Å²) in [6.07, 6.45) is 20.4. The van der Waals surface area contributed by atoms with Gasteiger partial charge in [-0.2, -0.15) is 0 Å². The van der Waals surface area contributed by atoms with Crippen molar-refractivity contribution in [1.82, 2.24) is 5.32 Å². The minimum atomic E-state index is 0.265. The zero-order valence-electron chi connectivity index (χ0n) is 27.6. The van der Waals surface area contributed by atoms with Crippen LogP contribution in [-0.2, 0) is 0 Å². The number of hydrogen-bond acceptors (Lipinski definition) is 1. The summed E-state index contributed by atoms with van der Waals surface area (Å²) >= 11 is 0. The Morgan fingerprint density at radius 2 is 1.51 bits per heavy atom. The van der Waals surface area contributed by atoms with Gasteiger partial charge in [-0.15, -0.1) is 0 Å². The standard InChI is InChI=1S/C19H37N.C10H20.C7H10/c1-8-9-10-11-13-20-14-12-18(16(2)3)15-17(4)19(5,6)7;1-6-9(2)7-8-10(3,4)5;1-4-6-7(3)5-2/h12,15-16,20H,8-11,13-14H2,1-7H3;7H,6,8H2,1-5H3;4-6H,2-3H2,1H3/b17-15+,18-12+;9-7-;6-4+. The van der Waals surface area contributed by atoms with Gasteiger partial charge in [0, 0.05) is 6.54 Å². The molecule has 216 valence electrons. The Kier molecular flexibility index (Phi) is 25.4. The number of unbranched alkanes of at least 4 members (excludes halogenated alkanes) is 3. The molecular weight excluding hydrogens is 446 g/mol. The average Bonchev–Trinajstić information content (AvgIpc) is 2.80. The average molecular weight is 514 g/mol. The topological polar surface area (TPSA) is 12.0 Å². The number of rotatable bonds is 13. The van der Waals surface area contributed by atoms with Gasteiger partial charge in [-0.25, -0.2) is 0 Å². The molecule has 0 aromatic rings. The van der Waals surface area contributed by atoms with Crippen LogP contribution < -0.4 is 5.32 Å². The van der Waals surface area contributed by atoms with E-state index >= 15 is 0 Å². The fourth-order valence-electron chi connectivity index (χ4n) is 2.80. The second-order valence-electron chi connectivity index (χ2n) is 12.6. The van der Waals surface area contributed by atoms with E-state index in [1.807, 2.05) is 19.1 Å². The molecule has 1 heteroatoms. The van der Waals surface area contributed by atoms with Gasteiger partial charge in [0.15, 0.2) is 0 Å². The minimum absolute atomic E-state index is 0.265. The molecule has 0 aliphatic rings. The predicted molar refractivity (Wildman–Crippen MR) is 175 cm³/mol. The monoisotopic (exact) mass is 514 g/mol. The zero-order valence-corrected chi connectivity index (χ0v) is 27.6. The molecule has 0 heterocycles. The Morgan fingerprint density at radius 3 is 1.89 bits per heavy atom. The van der Waals surface area contributed by atoms with E-state index in [4.69, 9.17) is 0 Å². The molecule has 0 rings (SSSR count). The van der Waals surface area contributed by atoms with Gasteiger partial charge in [-0.3, -0.25) is 0 Å². The van der Waals surface area contributed by atoms with Crippen LogP contribution in [0.5, 0.6) is 0 Å². The van der Waals surface area contributed by atoms with E-state index in [9.17, 15) is 0 Å². The van der Waals surface area contributed by atoms with Crippen molar-refractivity contribution in [3.8, 4) is 0 Å². The Balaban J connectivity index is -0.000000561. The highest BCUT2D eigenvalue weighted by molar-refractivity contribution is 5.27. The van der Waals surface area contributed by atoms with Gasteiger partial charge in [-0.1, -0.05) is 149 Å². The summed E-state index contributed by atoms with van der Waals surface area (Å²) in [7, 11) is 0. The van der Waals surface area contributed by atoms with Crippen molar-refractivity contribution in [1.29, 1.82) is 0 Å². The van der Waals surface area contributed by atoms with Gasteiger partial charge >= 0.3 is 0 Å². The fraction of sp³-hybridized carbons (Fsp3) is 0.667. The zero-order chi connectivity index (χ0) is 29.5. The Hall–Kier alpha value is -1.60. The molecule has 0 spiro atoms. The van der Waals surface area contributed by atoms with Gasteiger partial charge in [0.05, 0.1) is 0 Å². The molecule has 0 radical (unpaired) electrons. The Bertz CT molecular complexity index is 696. The molecule has 0 fully saturated rings. The summed E-state index contributed by atoms with van der Waals surface area (Å²) in [6.45, 7) is 38.4. The third-order valence-corrected chi connectivity index (χ3v) is 6.19. The maximum Gasteiger partial charge on any atom is 0.0140 e. The summed E-state index contributed by atoms with van der Waals surface area (Å²) in [6, 6.07) is 0. The van der Waals surface area contributed by atoms with Gasteiger partial charge < -0.3 is 5.32 Å². The lowest BCUT2D eigenvalue weighted by Gasteiger charge is -2.21. The number of nitrogens with one attached hydrogen (secondary N) is 1. The summed E-state index contributed by atoms with van der Waals surface area (Å²) in [5.74, 6) is 0.592. The van der Waals surface area contributed by atoms with Crippen molar-refractivity contribution in [3.63, 3.8) is 0 Å². The van der Waals surface area contributed by atoms with Gasteiger partial charge in [0.25, 0.3) is 0 Å². The number of hydrogen-bond donors (Lipinski definition) is 1. The van der Waals surface area contributed by atoms with Crippen LogP contribution in [0.1, 0.15) is 129 Å². The molecule has 0 aromatic carbocycles. The molecular formula is C36H67N. The summed E-state index contributed by atoms with van der Waals surface area (Å²) < 4.78 is 0. The van der Waals surface area contributed by atoms with Gasteiger partial charge in [-0.05, 0) is 74.5 Å². The van der Waals surface area contributed by atoms with E-state index in [1.165, 1.54) is 55.2 Å². The highest BCUT2D eigenvalue weighted by atomic mass is 14.8. The van der Waals surface area contributed by atoms with Crippen molar-refractivity contribution >= 4 is 0 Å². The van der Waals surface area contributed by atoms with E-state index in [0.717, 1.165) is 18.7 Å². The van der Waals surface area contributed by atoms with Crippen LogP contribution in [0.3, 0.4) is 0 Å². The SMILES string of the molecule is C=CC(=C)/C=C/C.CC/C(C)=C\CC(C)(C)C.CCCCCCNC/C=C(\C=C(/C)C(C)(C)C)C(C)C. The smallest absolute Gasteiger partial charge is 0.0140 e. The van der Waals surface area contributed by atoms with Crippen molar-refractivity contribution in [2.24, 2.45) is 16.7 Å². The maximum atomic E-state index is 3.66. The Morgan fingerprint density at radius 1 is 0.919 bits per heavy atom. The summed E-state index contributed by atoms with van der Waals surface area (Å²) in [4.78, 5) is 0. The van der Waals surface area contributed by atoms with Crippen LogP contribution in [0.25, 0.3) is 0 Å². The van der Waals surface area contributed by atoms with Crippen molar-refractivity contribution in [2.45, 2.75) is 129 Å². The van der Waals surface area contributed by atoms with Crippen molar-refractivity contribution < 1.29 is 0 Å². The van der Waals surface area contributed by atoms with E-state index < -0.39 is 0 Å². The third kappa shape index (κ3) is 30.5. The molecule has 0 saturated heterocycles. The third-order valence-electron chi connectivity index (χ3n) is 6.19. The van der Waals surface area contributed by atoms with Crippen LogP contribution in [0.2, 0.25) is 0 Å². The second kappa shape index (κ2) is 23.5. The first kappa shape index (κ1) is 39.9. The lowest BCUT2D eigenvalue weighted by Crippen LogP contribution is -2.16. The molecule has 0 bridgehead atoms. The first-order chi connectivity index (χ1) is 17.0. The van der Waals surface area contributed by atoms with E-state index in [0.29, 0.717) is 11.3 Å². The maximum absolute atomic E-state index is 3.66. The highest BCUT2D eigenvalue weighted by Gasteiger charge is 2.13. The highest BCUT2D eigenvalue weighted by Crippen LogP contribution is 2.27. The lowest BCUT2D eigenvalue weighted by atomic mass is 9.85. The van der Waals surface area contributed by atoms with Crippen LogP contribution in [0, 0.1) is 16.7 Å². The van der Waals surface area contributed by atoms with Crippen LogP contribution in [0.15, 0.2) is 71.9 Å². The normalized spacial score (nSPS) is 13.2. The van der Waals surface area contributed by atoms with E-state index in [2.05, 4.69) is 120 Å². The molecule has 1 nitrogen and oxygen atoms in total. The molecule has 0 aliphatic heterocycles. The largest absolute Gasteiger partial charge is 0.313 e. The van der Waals surface area contributed by atoms with Crippen LogP contribution in [-0.4, -0.2) is 13.1 Å². The van der Waals surface area contributed by atoms with Crippen molar-refractivity contribution in [3.05, 3.63) is 71.9 Å². The molecule has 37 heavy (non-hydrogen) atoms. The van der Waals surface area contributed by atoms with Crippen LogP contribution in [0.4, 0.5) is 0 Å². The molecule has 0 amide bonds. The fourth-order valence-corrected chi connectivity index (χ4v) is 2.80. The lowest BCUT2D eigenvalue weighted by molar-refractivity contribution is 0.419. The number of allylic oxidation sites excluding steroid dienone is 9. The summed E-state index contributed by atoms with van der Waals surface area (Å²) in [5.41, 5.74) is 6.11. The molecule has 0 aromatic heterocycles. The van der Waals surface area contributed by atoms with Crippen molar-refractivity contribution in [2.75, 3.05) is 13.1 Å². The Labute approximate surface area is 235 Å². The predicted octanol–water partition coefficient (Wildman–Crippen LogP) is 11.8. The molecule has 0 aliphatic carbocycles. The summed E-state index contributed by atoms with van der Waals surface area (Å²) in [5, 5.41) is 3.54. The molecule has 0 saturated carbocycles. The van der Waals surface area contributed by atoms with Gasteiger partial charge in [0.2, 0.25) is 0 Å². The quantitative estimate of drug-likeness (QED) is 0.147. The first-order valence-electron chi connectivity index (χ1n) is 14.7. The molecule has 1 N–H and O–H groups in total. The van der Waals surface area contributed by atoms with E-state index in [1.54, 1.807) is 6.08 Å². The van der Waals surface area contributed by atoms with E-state index in [-0.39, 0.29) is 5.41 Å². The molecule has 0 unspecified atom stereocenters. The van der Waals surface area contributed by atoms with Crippen LogP contribution >= 0.6 is 0 Å². The minimum Gasteiger partial charge on any atom is -0.313 e.